The summed E-state index contributed by atoms with van der Waals surface area (Å²) in [7, 11) is 0. The molecule has 0 aromatic heterocycles. The molecular weight excluding hydrogens is 544 g/mol. The maximum atomic E-state index is 13.3. The van der Waals surface area contributed by atoms with Crippen molar-refractivity contribution in [1.82, 2.24) is 14.7 Å². The van der Waals surface area contributed by atoms with E-state index in [-0.39, 0.29) is 50.8 Å². The lowest BCUT2D eigenvalue weighted by Crippen LogP contribution is -2.47. The Morgan fingerprint density at radius 3 is 1.45 bits per heavy atom. The molecule has 0 radical (unpaired) electrons. The molecule has 1 aliphatic carbocycles. The van der Waals surface area contributed by atoms with Gasteiger partial charge in [-0.3, -0.25) is 43.5 Å². The highest BCUT2D eigenvalue weighted by atomic mass is 16.2. The summed E-state index contributed by atoms with van der Waals surface area (Å²) < 4.78 is 0. The largest absolute Gasteiger partial charge is 0.383 e. The van der Waals surface area contributed by atoms with Crippen molar-refractivity contribution in [3.8, 4) is 0 Å². The van der Waals surface area contributed by atoms with E-state index in [4.69, 9.17) is 22.9 Å². The molecule has 4 amide bonds. The minimum atomic E-state index is -0.617. The van der Waals surface area contributed by atoms with Crippen molar-refractivity contribution >= 4 is 40.9 Å². The molecule has 42 heavy (non-hydrogen) atoms. The van der Waals surface area contributed by atoms with Gasteiger partial charge in [-0.05, 0) is 6.07 Å². The highest BCUT2D eigenvalue weighted by molar-refractivity contribution is 6.30. The predicted molar refractivity (Wildman–Crippen MR) is 154 cm³/mol. The molecule has 0 aliphatic heterocycles. The topological polar surface area (TPSA) is 228 Å². The molecule has 3 rings (SSSR count). The van der Waals surface area contributed by atoms with Crippen molar-refractivity contribution < 1.29 is 28.8 Å². The molecule has 0 saturated heterocycles. The number of hydrogen-bond acceptors (Lipinski definition) is 10. The number of rotatable bonds is 18. The van der Waals surface area contributed by atoms with E-state index in [2.05, 4.69) is 5.32 Å². The fourth-order valence-electron chi connectivity index (χ4n) is 4.85. The van der Waals surface area contributed by atoms with Gasteiger partial charge in [0.05, 0.1) is 31.7 Å². The predicted octanol–water partition coefficient (Wildman–Crippen LogP) is -2.28. The summed E-state index contributed by atoms with van der Waals surface area (Å²) in [6.45, 7) is 1.33. The molecular formula is C28H36N8O6. The minimum Gasteiger partial charge on any atom is -0.383 e. The van der Waals surface area contributed by atoms with Gasteiger partial charge in [-0.15, -0.1) is 0 Å². The number of carbonyl (C=O) groups is 6. The van der Waals surface area contributed by atoms with Crippen molar-refractivity contribution in [3.63, 3.8) is 0 Å². The molecule has 14 nitrogen and oxygen atoms in total. The molecule has 2 aromatic rings. The highest BCUT2D eigenvalue weighted by Gasteiger charge is 2.31. The molecule has 0 atom stereocenters. The number of ketones is 2. The molecule has 0 spiro atoms. The summed E-state index contributed by atoms with van der Waals surface area (Å²) in [6, 6.07) is 11.7. The standard InChI is InChI=1S/C28H36N8O6/c29-22(37)14-35(15-23(30)38)12-10-34(11-13-36(16-24(31)39)17-25(32)40)9-8-33-21-7-3-6-20-26(21)28(42)19-5-2-1-4-18(19)27(20)41/h1-7,33H,8-17H2,(H2,29,37)(H2,30,38)(H2,31,39)(H2,32,40). The van der Waals surface area contributed by atoms with E-state index < -0.39 is 23.6 Å². The Hall–Kier alpha value is -4.66. The zero-order chi connectivity index (χ0) is 30.8. The average molecular weight is 581 g/mol. The lowest BCUT2D eigenvalue weighted by atomic mass is 9.83. The number of hydrogen-bond donors (Lipinski definition) is 5. The van der Waals surface area contributed by atoms with Crippen LogP contribution in [0.1, 0.15) is 31.8 Å². The monoisotopic (exact) mass is 580 g/mol. The van der Waals surface area contributed by atoms with Gasteiger partial charge >= 0.3 is 0 Å². The van der Waals surface area contributed by atoms with Crippen LogP contribution in [0.2, 0.25) is 0 Å². The van der Waals surface area contributed by atoms with E-state index >= 15 is 0 Å². The minimum absolute atomic E-state index is 0.168. The molecule has 1 aliphatic rings. The Labute approximate surface area is 242 Å². The molecule has 0 fully saturated rings. The van der Waals surface area contributed by atoms with Crippen LogP contribution in [0.25, 0.3) is 0 Å². The third kappa shape index (κ3) is 8.92. The van der Waals surface area contributed by atoms with Crippen LogP contribution in [0, 0.1) is 0 Å². The van der Waals surface area contributed by atoms with Crippen LogP contribution >= 0.6 is 0 Å². The van der Waals surface area contributed by atoms with Crippen molar-refractivity contribution in [2.24, 2.45) is 22.9 Å². The van der Waals surface area contributed by atoms with E-state index in [0.717, 1.165) is 0 Å². The van der Waals surface area contributed by atoms with Gasteiger partial charge in [0.25, 0.3) is 0 Å². The van der Waals surface area contributed by atoms with Crippen molar-refractivity contribution in [2.75, 3.05) is 70.8 Å². The third-order valence-corrected chi connectivity index (χ3v) is 6.68. The average Bonchev–Trinajstić information content (AvgIpc) is 2.91. The zero-order valence-corrected chi connectivity index (χ0v) is 23.2. The van der Waals surface area contributed by atoms with Crippen LogP contribution in [0.15, 0.2) is 42.5 Å². The first-order chi connectivity index (χ1) is 20.0. The summed E-state index contributed by atoms with van der Waals surface area (Å²) >= 11 is 0. The Balaban J connectivity index is 1.74. The fraction of sp³-hybridized carbons (Fsp3) is 0.357. The van der Waals surface area contributed by atoms with E-state index in [9.17, 15) is 28.8 Å². The SMILES string of the molecule is NC(=O)CN(CCN(CCNc1cccc2c1C(=O)c1ccccc1C2=O)CCN(CC(N)=O)CC(N)=O)CC(N)=O. The number of benzene rings is 2. The van der Waals surface area contributed by atoms with Gasteiger partial charge < -0.3 is 28.3 Å². The first kappa shape index (κ1) is 31.9. The number of anilines is 1. The lowest BCUT2D eigenvalue weighted by molar-refractivity contribution is -0.123. The molecule has 9 N–H and O–H groups in total. The summed E-state index contributed by atoms with van der Waals surface area (Å²) in [6.07, 6.45) is 0. The van der Waals surface area contributed by atoms with Crippen molar-refractivity contribution in [1.29, 1.82) is 0 Å². The van der Waals surface area contributed by atoms with Crippen LogP contribution in [-0.4, -0.2) is 115 Å². The summed E-state index contributed by atoms with van der Waals surface area (Å²) in [5.41, 5.74) is 23.1. The maximum absolute atomic E-state index is 13.3. The van der Waals surface area contributed by atoms with Gasteiger partial charge in [0.1, 0.15) is 0 Å². The first-order valence-electron chi connectivity index (χ1n) is 13.3. The smallest absolute Gasteiger partial charge is 0.231 e. The maximum Gasteiger partial charge on any atom is 0.231 e. The van der Waals surface area contributed by atoms with E-state index in [1.165, 1.54) is 9.80 Å². The molecule has 0 bridgehead atoms. The number of amides is 4. The summed E-state index contributed by atoms with van der Waals surface area (Å²) in [5.74, 6) is -2.94. The third-order valence-electron chi connectivity index (χ3n) is 6.68. The quantitative estimate of drug-likeness (QED) is 0.108. The number of primary amides is 4. The highest BCUT2D eigenvalue weighted by Crippen LogP contribution is 2.31. The first-order valence-corrected chi connectivity index (χ1v) is 13.3. The van der Waals surface area contributed by atoms with Gasteiger partial charge in [0.2, 0.25) is 23.6 Å². The molecule has 0 unspecified atom stereocenters. The number of fused-ring (bicyclic) bond motifs is 2. The second-order valence-corrected chi connectivity index (χ2v) is 9.99. The van der Waals surface area contributed by atoms with Crippen LogP contribution in [0.5, 0.6) is 0 Å². The van der Waals surface area contributed by atoms with Gasteiger partial charge in [-0.1, -0.05) is 36.4 Å². The van der Waals surface area contributed by atoms with E-state index in [1.807, 2.05) is 4.90 Å². The number of nitrogens with one attached hydrogen (secondary N) is 1. The van der Waals surface area contributed by atoms with E-state index in [1.54, 1.807) is 42.5 Å². The Kier molecular flexibility index (Phi) is 11.2. The molecule has 2 aromatic carbocycles. The Bertz CT molecular complexity index is 1290. The molecule has 0 heterocycles. The molecule has 0 saturated carbocycles. The van der Waals surface area contributed by atoms with Crippen LogP contribution in [0.3, 0.4) is 0 Å². The fourth-order valence-corrected chi connectivity index (χ4v) is 4.85. The van der Waals surface area contributed by atoms with Gasteiger partial charge in [-0.25, -0.2) is 0 Å². The number of carbonyl (C=O) groups excluding carboxylic acids is 6. The lowest BCUT2D eigenvalue weighted by Gasteiger charge is -2.29. The van der Waals surface area contributed by atoms with Crippen LogP contribution in [-0.2, 0) is 19.2 Å². The van der Waals surface area contributed by atoms with Gasteiger partial charge in [0.15, 0.2) is 11.6 Å². The van der Waals surface area contributed by atoms with Crippen LogP contribution < -0.4 is 28.3 Å². The molecule has 224 valence electrons. The Morgan fingerprint density at radius 2 is 0.976 bits per heavy atom. The summed E-state index contributed by atoms with van der Waals surface area (Å²) in [5, 5.41) is 3.25. The van der Waals surface area contributed by atoms with Crippen LogP contribution in [0.4, 0.5) is 5.69 Å². The second-order valence-electron chi connectivity index (χ2n) is 9.99. The van der Waals surface area contributed by atoms with Crippen molar-refractivity contribution in [3.05, 3.63) is 64.7 Å². The summed E-state index contributed by atoms with van der Waals surface area (Å²) in [4.78, 5) is 77.3. The normalized spacial score (nSPS) is 12.4. The second kappa shape index (κ2) is 14.8. The molecule has 14 heteroatoms. The van der Waals surface area contributed by atoms with Gasteiger partial charge in [0, 0.05) is 61.6 Å². The van der Waals surface area contributed by atoms with Gasteiger partial charge in [-0.2, -0.15) is 0 Å². The Morgan fingerprint density at radius 1 is 0.548 bits per heavy atom. The van der Waals surface area contributed by atoms with Crippen molar-refractivity contribution in [2.45, 2.75) is 0 Å². The zero-order valence-electron chi connectivity index (χ0n) is 23.2. The number of nitrogens with two attached hydrogens (primary N) is 4. The number of nitrogens with zero attached hydrogens (tertiary/aromatic N) is 3. The van der Waals surface area contributed by atoms with E-state index in [0.29, 0.717) is 54.1 Å².